The van der Waals surface area contributed by atoms with Crippen LogP contribution in [0.5, 0.6) is 0 Å². The Kier molecular flexibility index (Phi) is 6.34. The van der Waals surface area contributed by atoms with Gasteiger partial charge in [0.25, 0.3) is 0 Å². The predicted molar refractivity (Wildman–Crippen MR) is 75.4 cm³/mol. The van der Waals surface area contributed by atoms with E-state index in [2.05, 4.69) is 25.4 Å². The van der Waals surface area contributed by atoms with Gasteiger partial charge in [0, 0.05) is 25.0 Å². The highest BCUT2D eigenvalue weighted by atomic mass is 32.2. The molecular formula is C13H26N2OS. The second-order valence-corrected chi connectivity index (χ2v) is 6.14. The fourth-order valence-electron chi connectivity index (χ4n) is 2.34. The highest BCUT2D eigenvalue weighted by molar-refractivity contribution is 7.98. The van der Waals surface area contributed by atoms with E-state index >= 15 is 0 Å². The lowest BCUT2D eigenvalue weighted by molar-refractivity contribution is -0.137. The smallest absolute Gasteiger partial charge is 0.225 e. The van der Waals surface area contributed by atoms with E-state index in [1.165, 1.54) is 0 Å². The first kappa shape index (κ1) is 14.8. The molecule has 1 aliphatic heterocycles. The van der Waals surface area contributed by atoms with Gasteiger partial charge in [-0.2, -0.15) is 11.8 Å². The molecule has 3 atom stereocenters. The molecule has 0 aliphatic carbocycles. The Morgan fingerprint density at radius 1 is 1.59 bits per heavy atom. The lowest BCUT2D eigenvalue weighted by Crippen LogP contribution is -2.45. The van der Waals surface area contributed by atoms with Crippen molar-refractivity contribution in [3.8, 4) is 0 Å². The van der Waals surface area contributed by atoms with Crippen LogP contribution in [0, 0.1) is 5.92 Å². The Balaban J connectivity index is 2.44. The molecule has 100 valence electrons. The summed E-state index contributed by atoms with van der Waals surface area (Å²) < 4.78 is 0. The summed E-state index contributed by atoms with van der Waals surface area (Å²) in [6.45, 7) is 5.29. The second-order valence-electron chi connectivity index (χ2n) is 5.16. The van der Waals surface area contributed by atoms with Crippen molar-refractivity contribution in [2.24, 2.45) is 5.92 Å². The maximum absolute atomic E-state index is 12.3. The summed E-state index contributed by atoms with van der Waals surface area (Å²) in [6, 6.07) is 0.841. The van der Waals surface area contributed by atoms with Gasteiger partial charge in [-0.25, -0.2) is 0 Å². The Hall–Kier alpha value is -0.220. The summed E-state index contributed by atoms with van der Waals surface area (Å²) in [7, 11) is 1.96. The zero-order valence-corrected chi connectivity index (χ0v) is 12.3. The van der Waals surface area contributed by atoms with Gasteiger partial charge in [-0.15, -0.1) is 0 Å². The Labute approximate surface area is 110 Å². The van der Waals surface area contributed by atoms with Crippen LogP contribution >= 0.6 is 11.8 Å². The Morgan fingerprint density at radius 3 is 2.88 bits per heavy atom. The number of hydrogen-bond acceptors (Lipinski definition) is 3. The Bertz CT molecular complexity index is 248. The first-order valence-electron chi connectivity index (χ1n) is 6.55. The van der Waals surface area contributed by atoms with Crippen molar-refractivity contribution in [1.82, 2.24) is 10.2 Å². The van der Waals surface area contributed by atoms with Crippen LogP contribution < -0.4 is 5.32 Å². The van der Waals surface area contributed by atoms with E-state index in [1.807, 2.05) is 23.7 Å². The second kappa shape index (κ2) is 7.27. The van der Waals surface area contributed by atoms with Crippen molar-refractivity contribution in [2.75, 3.05) is 25.6 Å². The maximum atomic E-state index is 12.3. The minimum absolute atomic E-state index is 0.230. The monoisotopic (exact) mass is 258 g/mol. The van der Waals surface area contributed by atoms with E-state index in [0.29, 0.717) is 18.0 Å². The minimum Gasteiger partial charge on any atom is -0.343 e. The molecule has 1 heterocycles. The molecule has 0 bridgehead atoms. The summed E-state index contributed by atoms with van der Waals surface area (Å²) in [5.41, 5.74) is 0. The predicted octanol–water partition coefficient (Wildman–Crippen LogP) is 1.97. The van der Waals surface area contributed by atoms with Gasteiger partial charge in [-0.05, 0) is 51.7 Å². The van der Waals surface area contributed by atoms with Gasteiger partial charge in [0.2, 0.25) is 5.91 Å². The molecule has 4 heteroatoms. The molecule has 0 aromatic heterocycles. The molecule has 1 aliphatic rings. The van der Waals surface area contributed by atoms with Gasteiger partial charge in [-0.1, -0.05) is 0 Å². The number of rotatable bonds is 5. The van der Waals surface area contributed by atoms with Crippen LogP contribution in [0.4, 0.5) is 0 Å². The number of thioether (sulfide) groups is 1. The van der Waals surface area contributed by atoms with Crippen molar-refractivity contribution in [3.05, 3.63) is 0 Å². The fourth-order valence-corrected chi connectivity index (χ4v) is 2.92. The summed E-state index contributed by atoms with van der Waals surface area (Å²) in [5, 5.41) is 3.40. The summed E-state index contributed by atoms with van der Waals surface area (Å²) in [6.07, 6.45) is 5.17. The van der Waals surface area contributed by atoms with E-state index in [0.717, 1.165) is 31.6 Å². The molecule has 0 aromatic rings. The number of carbonyl (C=O) groups excluding carboxylic acids is 1. The van der Waals surface area contributed by atoms with E-state index in [4.69, 9.17) is 0 Å². The minimum atomic E-state index is 0.230. The van der Waals surface area contributed by atoms with Crippen molar-refractivity contribution in [3.63, 3.8) is 0 Å². The maximum Gasteiger partial charge on any atom is 0.225 e. The topological polar surface area (TPSA) is 32.3 Å². The molecule has 0 spiro atoms. The average molecular weight is 258 g/mol. The van der Waals surface area contributed by atoms with Crippen molar-refractivity contribution in [2.45, 2.75) is 45.2 Å². The SMILES string of the molecule is CSCCC(C)N(C)C(=O)C1CCNC(C)C1. The molecule has 1 rings (SSSR count). The van der Waals surface area contributed by atoms with Crippen molar-refractivity contribution in [1.29, 1.82) is 0 Å². The van der Waals surface area contributed by atoms with Gasteiger partial charge in [0.1, 0.15) is 0 Å². The third-order valence-electron chi connectivity index (χ3n) is 3.72. The largest absolute Gasteiger partial charge is 0.343 e. The number of carbonyl (C=O) groups is 1. The normalized spacial score (nSPS) is 26.6. The van der Waals surface area contributed by atoms with Crippen LogP contribution in [0.3, 0.4) is 0 Å². The van der Waals surface area contributed by atoms with Gasteiger partial charge >= 0.3 is 0 Å². The number of nitrogens with zero attached hydrogens (tertiary/aromatic N) is 1. The molecule has 1 fully saturated rings. The lowest BCUT2D eigenvalue weighted by atomic mass is 9.91. The standard InChI is InChI=1S/C13H26N2OS/c1-10-9-12(5-7-14-10)13(16)15(3)11(2)6-8-17-4/h10-12,14H,5-9H2,1-4H3. The third-order valence-corrected chi connectivity index (χ3v) is 4.37. The van der Waals surface area contributed by atoms with Crippen molar-refractivity contribution >= 4 is 17.7 Å². The van der Waals surface area contributed by atoms with E-state index in [9.17, 15) is 4.79 Å². The number of nitrogens with one attached hydrogen (secondary N) is 1. The first-order valence-corrected chi connectivity index (χ1v) is 7.94. The van der Waals surface area contributed by atoms with Gasteiger partial charge < -0.3 is 10.2 Å². The molecule has 0 saturated carbocycles. The van der Waals surface area contributed by atoms with Crippen LogP contribution in [0.2, 0.25) is 0 Å². The first-order chi connectivity index (χ1) is 8.06. The van der Waals surface area contributed by atoms with Crippen LogP contribution in [0.1, 0.15) is 33.1 Å². The van der Waals surface area contributed by atoms with Crippen LogP contribution in [-0.4, -0.2) is 48.5 Å². The summed E-state index contributed by atoms with van der Waals surface area (Å²) in [4.78, 5) is 14.3. The van der Waals surface area contributed by atoms with Gasteiger partial charge in [0.15, 0.2) is 0 Å². The van der Waals surface area contributed by atoms with Gasteiger partial charge in [0.05, 0.1) is 0 Å². The van der Waals surface area contributed by atoms with Crippen LogP contribution in [0.25, 0.3) is 0 Å². The lowest BCUT2D eigenvalue weighted by Gasteiger charge is -2.33. The fraction of sp³-hybridized carbons (Fsp3) is 0.923. The molecular weight excluding hydrogens is 232 g/mol. The molecule has 1 amide bonds. The highest BCUT2D eigenvalue weighted by Gasteiger charge is 2.28. The molecule has 1 N–H and O–H groups in total. The average Bonchev–Trinajstić information content (AvgIpc) is 2.34. The molecule has 3 unspecified atom stereocenters. The molecule has 3 nitrogen and oxygen atoms in total. The quantitative estimate of drug-likeness (QED) is 0.818. The number of piperidine rings is 1. The van der Waals surface area contributed by atoms with E-state index in [1.54, 1.807) is 0 Å². The summed E-state index contributed by atoms with van der Waals surface area (Å²) >= 11 is 1.85. The van der Waals surface area contributed by atoms with Crippen LogP contribution in [0.15, 0.2) is 0 Å². The van der Waals surface area contributed by atoms with Gasteiger partial charge in [-0.3, -0.25) is 4.79 Å². The number of amides is 1. The van der Waals surface area contributed by atoms with Crippen LogP contribution in [-0.2, 0) is 4.79 Å². The molecule has 17 heavy (non-hydrogen) atoms. The molecule has 0 aromatic carbocycles. The third kappa shape index (κ3) is 4.51. The summed E-state index contributed by atoms with van der Waals surface area (Å²) in [5.74, 6) is 1.70. The van der Waals surface area contributed by atoms with E-state index in [-0.39, 0.29) is 5.92 Å². The molecule has 0 radical (unpaired) electrons. The zero-order chi connectivity index (χ0) is 12.8. The Morgan fingerprint density at radius 2 is 2.29 bits per heavy atom. The highest BCUT2D eigenvalue weighted by Crippen LogP contribution is 2.20. The molecule has 1 saturated heterocycles. The number of hydrogen-bond donors (Lipinski definition) is 1. The van der Waals surface area contributed by atoms with E-state index < -0.39 is 0 Å². The van der Waals surface area contributed by atoms with Crippen molar-refractivity contribution < 1.29 is 4.79 Å². The zero-order valence-electron chi connectivity index (χ0n) is 11.5.